The number of esters is 1. The van der Waals surface area contributed by atoms with Crippen LogP contribution < -0.4 is 9.47 Å². The second kappa shape index (κ2) is 7.70. The van der Waals surface area contributed by atoms with E-state index in [9.17, 15) is 9.90 Å². The third-order valence-electron chi connectivity index (χ3n) is 5.14. The third kappa shape index (κ3) is 5.28. The van der Waals surface area contributed by atoms with Crippen molar-refractivity contribution in [1.82, 2.24) is 0 Å². The zero-order valence-corrected chi connectivity index (χ0v) is 19.9. The quantitative estimate of drug-likeness (QED) is 0.533. The average molecular weight is 393 g/mol. The van der Waals surface area contributed by atoms with Gasteiger partial charge in [0.05, 0.1) is 18.6 Å². The normalized spacial score (nSPS) is 14.6. The van der Waals surface area contributed by atoms with Gasteiger partial charge < -0.3 is 14.6 Å². The zero-order valence-electron chi connectivity index (χ0n) is 19.9. The first-order chi connectivity index (χ1) is 12.3. The molecule has 0 aliphatic heterocycles. The summed E-state index contributed by atoms with van der Waals surface area (Å²) in [7, 11) is 1.64. The van der Waals surface area contributed by atoms with E-state index in [0.29, 0.717) is 5.75 Å². The number of hydrogen-bond acceptors (Lipinski definition) is 4. The number of ether oxygens (including phenoxy) is 2. The van der Waals surface area contributed by atoms with Crippen molar-refractivity contribution in [2.45, 2.75) is 93.1 Å². The van der Waals surface area contributed by atoms with Gasteiger partial charge in [-0.15, -0.1) is 0 Å². The van der Waals surface area contributed by atoms with Crippen LogP contribution in [0.5, 0.6) is 11.5 Å². The number of rotatable bonds is 4. The molecule has 0 saturated carbocycles. The average Bonchev–Trinajstić information content (AvgIpc) is 2.50. The van der Waals surface area contributed by atoms with Crippen LogP contribution in [0.1, 0.15) is 87.3 Å². The minimum Gasteiger partial charge on any atom is -0.497 e. The smallest absolute Gasteiger partial charge is 0.319 e. The van der Waals surface area contributed by atoms with Crippen LogP contribution in [-0.2, 0) is 15.6 Å². The van der Waals surface area contributed by atoms with Gasteiger partial charge in [-0.25, -0.2) is 0 Å². The molecule has 1 atom stereocenters. The highest BCUT2D eigenvalue weighted by molar-refractivity contribution is 5.80. The summed E-state index contributed by atoms with van der Waals surface area (Å²) in [6.45, 7) is 21.7. The number of benzene rings is 1. The summed E-state index contributed by atoms with van der Waals surface area (Å²) in [5.74, 6) is 0.875. The molecule has 1 aromatic carbocycles. The fourth-order valence-electron chi connectivity index (χ4n) is 3.36. The predicted octanol–water partition coefficient (Wildman–Crippen LogP) is 5.63. The van der Waals surface area contributed by atoms with E-state index in [1.807, 2.05) is 32.9 Å². The molecular formula is C24H40O4. The fraction of sp³-hybridized carbons (Fsp3) is 0.708. The molecule has 0 radical (unpaired) electrons. The molecule has 28 heavy (non-hydrogen) atoms. The van der Waals surface area contributed by atoms with Crippen LogP contribution in [0.4, 0.5) is 0 Å². The molecule has 1 N–H and O–H groups in total. The van der Waals surface area contributed by atoms with Gasteiger partial charge in [-0.2, -0.15) is 0 Å². The minimum absolute atomic E-state index is 0.253. The summed E-state index contributed by atoms with van der Waals surface area (Å²) in [6.07, 6.45) is -0.845. The van der Waals surface area contributed by atoms with Crippen LogP contribution in [0, 0.1) is 10.8 Å². The van der Waals surface area contributed by atoms with Gasteiger partial charge in [-0.05, 0) is 42.2 Å². The van der Waals surface area contributed by atoms with Gasteiger partial charge in [-0.1, -0.05) is 62.3 Å². The first-order valence-corrected chi connectivity index (χ1v) is 9.96. The molecule has 0 saturated heterocycles. The van der Waals surface area contributed by atoms with E-state index < -0.39 is 22.9 Å². The van der Waals surface area contributed by atoms with Gasteiger partial charge in [0, 0.05) is 11.1 Å². The Labute approximate surface area is 171 Å². The Kier molecular flexibility index (Phi) is 6.73. The summed E-state index contributed by atoms with van der Waals surface area (Å²) >= 11 is 0. The van der Waals surface area contributed by atoms with E-state index >= 15 is 0 Å². The Morgan fingerprint density at radius 3 is 1.54 bits per heavy atom. The summed E-state index contributed by atoms with van der Waals surface area (Å²) in [5, 5.41) is 10.8. The lowest BCUT2D eigenvalue weighted by atomic mass is 9.73. The first kappa shape index (κ1) is 24.5. The molecular weight excluding hydrogens is 352 g/mol. The Morgan fingerprint density at radius 2 is 1.25 bits per heavy atom. The number of aliphatic hydroxyl groups is 1. The number of carbonyl (C=O) groups excluding carboxylic acids is 1. The number of aliphatic hydroxyl groups excluding tert-OH is 1. The zero-order chi connectivity index (χ0) is 22.3. The molecule has 0 aromatic heterocycles. The Balaban J connectivity index is 3.61. The second-order valence-electron chi connectivity index (χ2n) is 11.4. The molecule has 0 spiro atoms. The summed E-state index contributed by atoms with van der Waals surface area (Å²) < 4.78 is 11.6. The molecule has 0 unspecified atom stereocenters. The van der Waals surface area contributed by atoms with Crippen molar-refractivity contribution in [3.8, 4) is 11.5 Å². The minimum atomic E-state index is -1.05. The van der Waals surface area contributed by atoms with Crippen molar-refractivity contribution in [1.29, 1.82) is 0 Å². The highest BCUT2D eigenvalue weighted by Gasteiger charge is 2.44. The Hall–Kier alpha value is -1.55. The highest BCUT2D eigenvalue weighted by atomic mass is 16.5. The SMILES string of the molecule is COc1cc(C(C)(C)C)c(OC(=O)C(C)(C)[C@H](O)C(C)(C)C)c(C(C)(C)C)c1. The maximum Gasteiger partial charge on any atom is 0.319 e. The van der Waals surface area contributed by atoms with Gasteiger partial charge in [0.1, 0.15) is 11.5 Å². The van der Waals surface area contributed by atoms with Crippen LogP contribution in [0.3, 0.4) is 0 Å². The van der Waals surface area contributed by atoms with Gasteiger partial charge in [0.15, 0.2) is 0 Å². The van der Waals surface area contributed by atoms with Crippen LogP contribution in [0.15, 0.2) is 12.1 Å². The lowest BCUT2D eigenvalue weighted by Crippen LogP contribution is -2.47. The third-order valence-corrected chi connectivity index (χ3v) is 5.14. The molecule has 0 bridgehead atoms. The number of hydrogen-bond donors (Lipinski definition) is 1. The van der Waals surface area contributed by atoms with Crippen molar-refractivity contribution in [2.75, 3.05) is 7.11 Å². The molecule has 4 nitrogen and oxygen atoms in total. The van der Waals surface area contributed by atoms with Crippen molar-refractivity contribution < 1.29 is 19.4 Å². The predicted molar refractivity (Wildman–Crippen MR) is 115 cm³/mol. The fourth-order valence-corrected chi connectivity index (χ4v) is 3.36. The summed E-state index contributed by atoms with van der Waals surface area (Å²) in [4.78, 5) is 13.2. The topological polar surface area (TPSA) is 55.8 Å². The van der Waals surface area contributed by atoms with Crippen molar-refractivity contribution >= 4 is 5.97 Å². The van der Waals surface area contributed by atoms with Crippen LogP contribution in [0.2, 0.25) is 0 Å². The van der Waals surface area contributed by atoms with Crippen LogP contribution in [-0.4, -0.2) is 24.3 Å². The molecule has 1 rings (SSSR count). The first-order valence-electron chi connectivity index (χ1n) is 9.96. The van der Waals surface area contributed by atoms with Crippen molar-refractivity contribution in [3.63, 3.8) is 0 Å². The van der Waals surface area contributed by atoms with Gasteiger partial charge in [-0.3, -0.25) is 4.79 Å². The molecule has 1 aromatic rings. The molecule has 0 amide bonds. The van der Waals surface area contributed by atoms with E-state index in [1.165, 1.54) is 0 Å². The highest BCUT2D eigenvalue weighted by Crippen LogP contribution is 2.44. The lowest BCUT2D eigenvalue weighted by molar-refractivity contribution is -0.155. The van der Waals surface area contributed by atoms with Crippen LogP contribution in [0.25, 0.3) is 0 Å². The van der Waals surface area contributed by atoms with E-state index in [-0.39, 0.29) is 10.8 Å². The molecule has 0 fully saturated rings. The maximum absolute atomic E-state index is 13.2. The number of methoxy groups -OCH3 is 1. The number of carbonyl (C=O) groups is 1. The summed E-state index contributed by atoms with van der Waals surface area (Å²) in [5.41, 5.74) is -0.184. The van der Waals surface area contributed by atoms with Crippen molar-refractivity contribution in [3.05, 3.63) is 23.3 Å². The van der Waals surface area contributed by atoms with Crippen molar-refractivity contribution in [2.24, 2.45) is 10.8 Å². The lowest BCUT2D eigenvalue weighted by Gasteiger charge is -2.38. The standard InChI is InChI=1S/C24H40O4/c1-21(2,3)16-13-15(27-12)14-17(22(4,5)6)18(16)28-20(26)24(10,11)19(25)23(7,8)9/h13-14,19,25H,1-12H3/t19-/m1/s1. The van der Waals surface area contributed by atoms with E-state index in [4.69, 9.17) is 9.47 Å². The van der Waals surface area contributed by atoms with Gasteiger partial charge >= 0.3 is 5.97 Å². The van der Waals surface area contributed by atoms with Gasteiger partial charge in [0.25, 0.3) is 0 Å². The van der Waals surface area contributed by atoms with Crippen LogP contribution >= 0.6 is 0 Å². The molecule has 4 heteroatoms. The molecule has 0 heterocycles. The maximum atomic E-state index is 13.2. The molecule has 0 aliphatic rings. The largest absolute Gasteiger partial charge is 0.497 e. The Morgan fingerprint density at radius 1 is 0.857 bits per heavy atom. The van der Waals surface area contributed by atoms with Gasteiger partial charge in [0.2, 0.25) is 0 Å². The molecule has 160 valence electrons. The van der Waals surface area contributed by atoms with E-state index in [0.717, 1.165) is 16.9 Å². The van der Waals surface area contributed by atoms with E-state index in [1.54, 1.807) is 21.0 Å². The summed E-state index contributed by atoms with van der Waals surface area (Å²) in [6, 6.07) is 3.87. The monoisotopic (exact) mass is 392 g/mol. The second-order valence-corrected chi connectivity index (χ2v) is 11.4. The molecule has 0 aliphatic carbocycles. The van der Waals surface area contributed by atoms with E-state index in [2.05, 4.69) is 41.5 Å². The Bertz CT molecular complexity index is 675.